The summed E-state index contributed by atoms with van der Waals surface area (Å²) in [5.74, 6) is 0.271. The summed E-state index contributed by atoms with van der Waals surface area (Å²) in [4.78, 5) is 35.6. The van der Waals surface area contributed by atoms with Gasteiger partial charge in [-0.1, -0.05) is 47.6 Å². The Morgan fingerprint density at radius 1 is 0.886 bits per heavy atom. The smallest absolute Gasteiger partial charge is 0.336 e. The number of thiol groups is 1. The molecule has 4 amide bonds. The van der Waals surface area contributed by atoms with Crippen molar-refractivity contribution in [2.45, 2.75) is 0 Å². The quantitative estimate of drug-likeness (QED) is 0.146. The number of carbonyl (C=O) groups excluding carboxylic acids is 2. The Morgan fingerprint density at radius 3 is 2.06 bits per heavy atom. The molecule has 0 aromatic heterocycles. The van der Waals surface area contributed by atoms with Gasteiger partial charge >= 0.3 is 12.1 Å². The van der Waals surface area contributed by atoms with Crippen molar-refractivity contribution in [3.05, 3.63) is 79.8 Å². The molecule has 3 N–H and O–H groups in total. The number of carbonyl (C=O) groups is 2. The van der Waals surface area contributed by atoms with Gasteiger partial charge in [0, 0.05) is 23.1 Å². The average molecular weight is 557 g/mol. The first-order chi connectivity index (χ1) is 16.6. The third-order valence-electron chi connectivity index (χ3n) is 4.43. The minimum atomic E-state index is -0.749. The lowest BCUT2D eigenvalue weighted by Crippen LogP contribution is -2.27. The van der Waals surface area contributed by atoms with Crippen molar-refractivity contribution < 1.29 is 19.2 Å². The number of rotatable bonds is 6. The van der Waals surface area contributed by atoms with Crippen LogP contribution < -0.4 is 25.0 Å². The van der Waals surface area contributed by atoms with Crippen LogP contribution in [0.5, 0.6) is 5.75 Å². The molecular weight excluding hydrogens is 541 g/mol. The van der Waals surface area contributed by atoms with Gasteiger partial charge in [0.25, 0.3) is 5.69 Å². The first kappa shape index (κ1) is 26.2. The van der Waals surface area contributed by atoms with Gasteiger partial charge < -0.3 is 20.7 Å². The number of amides is 4. The molecule has 0 fully saturated rings. The average Bonchev–Trinajstić information content (AvgIpc) is 2.81. The molecule has 0 spiro atoms. The maximum absolute atomic E-state index is 12.7. The zero-order valence-electron chi connectivity index (χ0n) is 17.7. The Morgan fingerprint density at radius 2 is 1.46 bits per heavy atom. The number of benzene rings is 3. The third-order valence-corrected chi connectivity index (χ3v) is 5.88. The Balaban J connectivity index is 1.76. The number of methoxy groups -OCH3 is 1. The molecule has 35 heavy (non-hydrogen) atoms. The zero-order chi connectivity index (χ0) is 25.7. The summed E-state index contributed by atoms with van der Waals surface area (Å²) in [6.07, 6.45) is 0. The number of nitro groups is 1. The van der Waals surface area contributed by atoms with E-state index >= 15 is 0 Å². The number of nitrogens with one attached hydrogen (secondary N) is 3. The van der Waals surface area contributed by atoms with Gasteiger partial charge in [0.15, 0.2) is 0 Å². The SMILES string of the molecule is COc1ccc(NC(=O)Nc2ccc(Cl)c(Cl)c2)cc1N(S)C(=O)Nc1ccc(Cl)c([N+](=O)[O-])c1. The van der Waals surface area contributed by atoms with E-state index in [1.807, 2.05) is 0 Å². The largest absolute Gasteiger partial charge is 0.495 e. The molecule has 10 nitrogen and oxygen atoms in total. The van der Waals surface area contributed by atoms with Crippen molar-refractivity contribution in [2.75, 3.05) is 27.4 Å². The van der Waals surface area contributed by atoms with Gasteiger partial charge in [0.1, 0.15) is 16.5 Å². The fourth-order valence-corrected chi connectivity index (χ4v) is 3.51. The highest BCUT2D eigenvalue weighted by atomic mass is 35.5. The van der Waals surface area contributed by atoms with Crippen LogP contribution in [0.3, 0.4) is 0 Å². The van der Waals surface area contributed by atoms with Crippen LogP contribution in [0, 0.1) is 10.1 Å². The molecule has 3 rings (SSSR count). The normalized spacial score (nSPS) is 10.3. The summed E-state index contributed by atoms with van der Waals surface area (Å²) < 4.78 is 6.20. The molecule has 14 heteroatoms. The van der Waals surface area contributed by atoms with E-state index in [0.717, 1.165) is 10.4 Å². The summed E-state index contributed by atoms with van der Waals surface area (Å²) in [7, 11) is 1.39. The summed E-state index contributed by atoms with van der Waals surface area (Å²) in [6, 6.07) is 11.6. The number of halogens is 3. The maximum Gasteiger partial charge on any atom is 0.336 e. The highest BCUT2D eigenvalue weighted by Crippen LogP contribution is 2.34. The van der Waals surface area contributed by atoms with Gasteiger partial charge in [-0.15, -0.1) is 0 Å². The molecule has 0 radical (unpaired) electrons. The molecule has 0 heterocycles. The van der Waals surface area contributed by atoms with Crippen LogP contribution in [0.4, 0.5) is 38.0 Å². The predicted molar refractivity (Wildman–Crippen MR) is 141 cm³/mol. The highest BCUT2D eigenvalue weighted by Gasteiger charge is 2.20. The van der Waals surface area contributed by atoms with Crippen LogP contribution in [-0.4, -0.2) is 24.1 Å². The molecule has 3 aromatic carbocycles. The summed E-state index contributed by atoms with van der Waals surface area (Å²) in [5, 5.41) is 19.3. The third kappa shape index (κ3) is 6.61. The number of hydrogen-bond donors (Lipinski definition) is 4. The number of anilines is 4. The molecule has 0 bridgehead atoms. The summed E-state index contributed by atoms with van der Waals surface area (Å²) in [5.41, 5.74) is 0.667. The van der Waals surface area contributed by atoms with Gasteiger partial charge in [-0.2, -0.15) is 0 Å². The zero-order valence-corrected chi connectivity index (χ0v) is 20.9. The highest BCUT2D eigenvalue weighted by molar-refractivity contribution is 7.82. The van der Waals surface area contributed by atoms with Gasteiger partial charge in [0.2, 0.25) is 0 Å². The predicted octanol–water partition coefficient (Wildman–Crippen LogP) is 7.09. The standard InChI is InChI=1S/C21H16Cl3N5O5S/c1-34-19-7-4-12(26-20(30)25-11-2-5-14(22)16(24)8-11)10-18(19)28(35)21(31)27-13-3-6-15(23)17(9-13)29(32)33/h2-10,35H,1H3,(H,27,31)(H2,25,26,30). The monoisotopic (exact) mass is 555 g/mol. The van der Waals surface area contributed by atoms with Gasteiger partial charge in [-0.05, 0) is 48.5 Å². The van der Waals surface area contributed by atoms with E-state index in [-0.39, 0.29) is 32.9 Å². The lowest BCUT2D eigenvalue weighted by molar-refractivity contribution is -0.384. The van der Waals surface area contributed by atoms with E-state index < -0.39 is 17.0 Å². The first-order valence-corrected chi connectivity index (χ1v) is 11.1. The fraction of sp³-hybridized carbons (Fsp3) is 0.0476. The van der Waals surface area contributed by atoms with Crippen molar-refractivity contribution in [1.82, 2.24) is 0 Å². The van der Waals surface area contributed by atoms with Crippen LogP contribution in [0.15, 0.2) is 54.6 Å². The van der Waals surface area contributed by atoms with Gasteiger partial charge in [0.05, 0.1) is 22.1 Å². The molecule has 0 aliphatic rings. The van der Waals surface area contributed by atoms with E-state index in [4.69, 9.17) is 39.5 Å². The van der Waals surface area contributed by atoms with Crippen molar-refractivity contribution >= 4 is 88.1 Å². The number of nitrogens with zero attached hydrogens (tertiary/aromatic N) is 2. The fourth-order valence-electron chi connectivity index (χ4n) is 2.82. The number of ether oxygens (including phenoxy) is 1. The second-order valence-electron chi connectivity index (χ2n) is 6.76. The molecule has 182 valence electrons. The van der Waals surface area contributed by atoms with Gasteiger partial charge in [-0.25, -0.2) is 13.9 Å². The number of nitro benzene ring substituents is 1. The number of hydrogen-bond acceptors (Lipinski definition) is 6. The van der Waals surface area contributed by atoms with E-state index in [1.54, 1.807) is 12.1 Å². The summed E-state index contributed by atoms with van der Waals surface area (Å²) >= 11 is 21.9. The lowest BCUT2D eigenvalue weighted by atomic mass is 10.2. The Bertz CT molecular complexity index is 1310. The molecular formula is C21H16Cl3N5O5S. The van der Waals surface area contributed by atoms with Crippen molar-refractivity contribution in [3.63, 3.8) is 0 Å². The molecule has 0 saturated heterocycles. The Hall–Kier alpha value is -3.38. The van der Waals surface area contributed by atoms with Crippen LogP contribution in [0.2, 0.25) is 15.1 Å². The van der Waals surface area contributed by atoms with Crippen LogP contribution >= 0.6 is 47.6 Å². The molecule has 0 atom stereocenters. The molecule has 0 saturated carbocycles. The Kier molecular flexibility index (Phi) is 8.52. The topological polar surface area (TPSA) is 126 Å². The summed E-state index contributed by atoms with van der Waals surface area (Å²) in [6.45, 7) is 0. The van der Waals surface area contributed by atoms with Crippen LogP contribution in [0.25, 0.3) is 0 Å². The van der Waals surface area contributed by atoms with Crippen molar-refractivity contribution in [1.29, 1.82) is 0 Å². The maximum atomic E-state index is 12.7. The first-order valence-electron chi connectivity index (χ1n) is 9.54. The molecule has 0 unspecified atom stereocenters. The van der Waals surface area contributed by atoms with Crippen LogP contribution in [-0.2, 0) is 0 Å². The van der Waals surface area contributed by atoms with Crippen molar-refractivity contribution in [3.8, 4) is 5.75 Å². The number of urea groups is 2. The molecule has 3 aromatic rings. The van der Waals surface area contributed by atoms with Gasteiger partial charge in [-0.3, -0.25) is 10.1 Å². The second-order valence-corrected chi connectivity index (χ2v) is 8.38. The Labute approximate surface area is 219 Å². The molecule has 0 aliphatic carbocycles. The van der Waals surface area contributed by atoms with E-state index in [1.165, 1.54) is 43.5 Å². The second kappa shape index (κ2) is 11.4. The van der Waals surface area contributed by atoms with E-state index in [9.17, 15) is 19.7 Å². The van der Waals surface area contributed by atoms with Crippen molar-refractivity contribution in [2.24, 2.45) is 0 Å². The molecule has 0 aliphatic heterocycles. The van der Waals surface area contributed by atoms with E-state index in [0.29, 0.717) is 16.4 Å². The minimum Gasteiger partial charge on any atom is -0.495 e. The van der Waals surface area contributed by atoms with E-state index in [2.05, 4.69) is 28.8 Å². The lowest BCUT2D eigenvalue weighted by Gasteiger charge is -2.20. The minimum absolute atomic E-state index is 0.0738. The van der Waals surface area contributed by atoms with Crippen LogP contribution in [0.1, 0.15) is 0 Å².